The minimum absolute atomic E-state index is 0.0372. The lowest BCUT2D eigenvalue weighted by atomic mass is 9.91. The molecular formula is C25H21F2N5O2S. The number of hydrogen-bond acceptors (Lipinski definition) is 7. The van der Waals surface area contributed by atoms with Gasteiger partial charge in [0.05, 0.1) is 28.0 Å². The molecule has 1 fully saturated rings. The van der Waals surface area contributed by atoms with Crippen LogP contribution in [-0.4, -0.2) is 44.6 Å². The number of carbonyl (C=O) groups is 2. The maximum atomic E-state index is 13.9. The highest BCUT2D eigenvalue weighted by Crippen LogP contribution is 2.29. The third-order valence-electron chi connectivity index (χ3n) is 5.97. The average molecular weight is 494 g/mol. The van der Waals surface area contributed by atoms with Gasteiger partial charge in [0.15, 0.2) is 11.5 Å². The van der Waals surface area contributed by atoms with Crippen LogP contribution in [0.5, 0.6) is 0 Å². The van der Waals surface area contributed by atoms with E-state index < -0.39 is 11.6 Å². The summed E-state index contributed by atoms with van der Waals surface area (Å²) in [4.78, 5) is 40.2. The summed E-state index contributed by atoms with van der Waals surface area (Å²) in [5.74, 6) is -1.28. The number of fused-ring (bicyclic) bond motifs is 1. The molecule has 1 saturated heterocycles. The maximum Gasteiger partial charge on any atom is 0.274 e. The molecule has 0 saturated carbocycles. The molecule has 1 amide bonds. The number of carbonyl (C=O) groups excluding carboxylic acids is 2. The normalized spacial score (nSPS) is 14.5. The molecule has 35 heavy (non-hydrogen) atoms. The summed E-state index contributed by atoms with van der Waals surface area (Å²) in [6.07, 6.45) is 2.86. The largest absolute Gasteiger partial charge is 0.348 e. The Morgan fingerprint density at radius 1 is 1.17 bits per heavy atom. The molecule has 4 aromatic rings. The zero-order valence-electron chi connectivity index (χ0n) is 18.7. The molecular weight excluding hydrogens is 472 g/mol. The van der Waals surface area contributed by atoms with Crippen molar-refractivity contribution in [2.75, 3.05) is 18.4 Å². The summed E-state index contributed by atoms with van der Waals surface area (Å²) >= 11 is 1.37. The Kier molecular flexibility index (Phi) is 6.21. The van der Waals surface area contributed by atoms with E-state index in [9.17, 15) is 18.4 Å². The Labute approximate surface area is 203 Å². The SMILES string of the molecule is C[C@H](Nc1nc(C(=O)N2CC(CC(=O)c3ccccc3F)C2)c2sccc2n1)c1cncc(F)c1. The molecule has 7 nitrogen and oxygen atoms in total. The number of anilines is 1. The van der Waals surface area contributed by atoms with Crippen LogP contribution in [0, 0.1) is 17.6 Å². The van der Waals surface area contributed by atoms with Gasteiger partial charge in [-0.1, -0.05) is 12.1 Å². The van der Waals surface area contributed by atoms with Crippen LogP contribution >= 0.6 is 11.3 Å². The molecule has 3 aromatic heterocycles. The van der Waals surface area contributed by atoms with Gasteiger partial charge in [-0.2, -0.15) is 0 Å². The first-order chi connectivity index (χ1) is 16.9. The Balaban J connectivity index is 1.29. The number of pyridine rings is 1. The van der Waals surface area contributed by atoms with Crippen LogP contribution in [0.2, 0.25) is 0 Å². The van der Waals surface area contributed by atoms with Crippen LogP contribution in [-0.2, 0) is 0 Å². The van der Waals surface area contributed by atoms with Crippen molar-refractivity contribution in [2.24, 2.45) is 5.92 Å². The standard InChI is InChI=1S/C25H21F2N5O2S/c1-14(16-9-17(26)11-28-10-16)29-25-30-20-6-7-35-23(20)22(31-25)24(34)32-12-15(13-32)8-21(33)18-4-2-3-5-19(18)27/h2-7,9-11,14-15H,8,12-13H2,1H3,(H,29,30,31)/t14-/m0/s1. The molecule has 1 aliphatic rings. The number of benzene rings is 1. The molecule has 1 N–H and O–H groups in total. The average Bonchev–Trinajstić information content (AvgIpc) is 3.29. The van der Waals surface area contributed by atoms with Crippen molar-refractivity contribution in [3.05, 3.63) is 82.6 Å². The Hall–Kier alpha value is -3.79. The van der Waals surface area contributed by atoms with Crippen molar-refractivity contribution >= 4 is 39.2 Å². The highest BCUT2D eigenvalue weighted by atomic mass is 32.1. The minimum atomic E-state index is -0.533. The van der Waals surface area contributed by atoms with Crippen LogP contribution in [0.25, 0.3) is 10.2 Å². The summed E-state index contributed by atoms with van der Waals surface area (Å²) in [6, 6.07) is 8.76. The van der Waals surface area contributed by atoms with Gasteiger partial charge in [0.1, 0.15) is 11.6 Å². The Morgan fingerprint density at radius 2 is 1.97 bits per heavy atom. The zero-order valence-corrected chi connectivity index (χ0v) is 19.6. The van der Waals surface area contributed by atoms with Crippen LogP contribution in [0.15, 0.2) is 54.2 Å². The Morgan fingerprint density at radius 3 is 2.74 bits per heavy atom. The predicted octanol–water partition coefficient (Wildman–Crippen LogP) is 4.88. The summed E-state index contributed by atoms with van der Waals surface area (Å²) in [5, 5.41) is 4.96. The monoisotopic (exact) mass is 493 g/mol. The number of ketones is 1. The maximum absolute atomic E-state index is 13.9. The van der Waals surface area contributed by atoms with E-state index in [1.807, 2.05) is 18.4 Å². The lowest BCUT2D eigenvalue weighted by Gasteiger charge is -2.38. The number of thiophene rings is 1. The van der Waals surface area contributed by atoms with E-state index in [1.54, 1.807) is 23.2 Å². The lowest BCUT2D eigenvalue weighted by molar-refractivity contribution is 0.0465. The van der Waals surface area contributed by atoms with E-state index in [2.05, 4.69) is 20.3 Å². The fourth-order valence-electron chi connectivity index (χ4n) is 4.09. The van der Waals surface area contributed by atoms with Gasteiger partial charge < -0.3 is 10.2 Å². The first-order valence-electron chi connectivity index (χ1n) is 11.1. The molecule has 1 aliphatic heterocycles. The van der Waals surface area contributed by atoms with Crippen molar-refractivity contribution in [3.8, 4) is 0 Å². The van der Waals surface area contributed by atoms with Gasteiger partial charge in [-0.25, -0.2) is 18.7 Å². The van der Waals surface area contributed by atoms with Crippen molar-refractivity contribution in [1.29, 1.82) is 0 Å². The van der Waals surface area contributed by atoms with Gasteiger partial charge in [-0.15, -0.1) is 11.3 Å². The fraction of sp³-hybridized carbons (Fsp3) is 0.240. The number of amides is 1. The number of aromatic nitrogens is 3. The molecule has 0 aliphatic carbocycles. The van der Waals surface area contributed by atoms with Gasteiger partial charge in [0, 0.05) is 31.6 Å². The van der Waals surface area contributed by atoms with Gasteiger partial charge in [0.25, 0.3) is 5.91 Å². The second kappa shape index (κ2) is 9.46. The van der Waals surface area contributed by atoms with E-state index in [-0.39, 0.29) is 47.3 Å². The summed E-state index contributed by atoms with van der Waals surface area (Å²) in [5.41, 5.74) is 1.60. The molecule has 0 radical (unpaired) electrons. The number of nitrogens with one attached hydrogen (secondary N) is 1. The second-order valence-corrected chi connectivity index (χ2v) is 9.43. The van der Waals surface area contributed by atoms with Crippen molar-refractivity contribution in [3.63, 3.8) is 0 Å². The van der Waals surface area contributed by atoms with Crippen molar-refractivity contribution in [1.82, 2.24) is 19.9 Å². The third-order valence-corrected chi connectivity index (χ3v) is 6.88. The minimum Gasteiger partial charge on any atom is -0.348 e. The van der Waals surface area contributed by atoms with Crippen LogP contribution < -0.4 is 5.32 Å². The Bertz CT molecular complexity index is 1420. The molecule has 1 aromatic carbocycles. The van der Waals surface area contributed by atoms with Crippen LogP contribution in [0.3, 0.4) is 0 Å². The third kappa shape index (κ3) is 4.74. The number of likely N-dealkylation sites (tertiary alicyclic amines) is 1. The smallest absolute Gasteiger partial charge is 0.274 e. The van der Waals surface area contributed by atoms with Gasteiger partial charge in [0.2, 0.25) is 5.95 Å². The predicted molar refractivity (Wildman–Crippen MR) is 128 cm³/mol. The molecule has 178 valence electrons. The lowest BCUT2D eigenvalue weighted by Crippen LogP contribution is -2.50. The number of nitrogens with zero attached hydrogens (tertiary/aromatic N) is 4. The zero-order chi connectivity index (χ0) is 24.5. The number of rotatable bonds is 7. The molecule has 4 heterocycles. The van der Waals surface area contributed by atoms with Gasteiger partial charge >= 0.3 is 0 Å². The molecule has 5 rings (SSSR count). The summed E-state index contributed by atoms with van der Waals surface area (Å²) in [7, 11) is 0. The highest BCUT2D eigenvalue weighted by molar-refractivity contribution is 7.17. The first kappa shape index (κ1) is 23.0. The molecule has 10 heteroatoms. The molecule has 0 bridgehead atoms. The van der Waals surface area contributed by atoms with Gasteiger partial charge in [-0.3, -0.25) is 14.6 Å². The fourth-order valence-corrected chi connectivity index (χ4v) is 4.90. The van der Waals surface area contributed by atoms with E-state index in [0.29, 0.717) is 28.9 Å². The van der Waals surface area contributed by atoms with Gasteiger partial charge in [-0.05, 0) is 42.1 Å². The number of Topliss-reactive ketones (excluding diaryl/α,β-unsaturated/α-hetero) is 1. The number of halogens is 2. The van der Waals surface area contributed by atoms with Crippen molar-refractivity contribution < 1.29 is 18.4 Å². The first-order valence-corrected chi connectivity index (χ1v) is 12.0. The van der Waals surface area contributed by atoms with Crippen molar-refractivity contribution in [2.45, 2.75) is 19.4 Å². The summed E-state index contributed by atoms with van der Waals surface area (Å²) < 4.78 is 28.1. The van der Waals surface area contributed by atoms with E-state index in [1.165, 1.54) is 29.5 Å². The molecule has 0 spiro atoms. The molecule has 0 unspecified atom stereocenters. The quantitative estimate of drug-likeness (QED) is 0.369. The molecule has 1 atom stereocenters. The number of hydrogen-bond donors (Lipinski definition) is 1. The topological polar surface area (TPSA) is 88.1 Å². The van der Waals surface area contributed by atoms with E-state index >= 15 is 0 Å². The summed E-state index contributed by atoms with van der Waals surface area (Å²) in [6.45, 7) is 2.61. The second-order valence-electron chi connectivity index (χ2n) is 8.52. The van der Waals surface area contributed by atoms with Crippen LogP contribution in [0.4, 0.5) is 14.7 Å². The van der Waals surface area contributed by atoms with E-state index in [0.717, 1.165) is 6.20 Å². The highest BCUT2D eigenvalue weighted by Gasteiger charge is 2.35. The van der Waals surface area contributed by atoms with Crippen LogP contribution in [0.1, 0.15) is 45.8 Å². The van der Waals surface area contributed by atoms with E-state index in [4.69, 9.17) is 0 Å².